The van der Waals surface area contributed by atoms with Gasteiger partial charge in [0.05, 0.1) is 16.9 Å². The summed E-state index contributed by atoms with van der Waals surface area (Å²) >= 11 is 0. The Kier molecular flexibility index (Phi) is 4.79. The smallest absolute Gasteiger partial charge is 0.338 e. The fourth-order valence-corrected chi connectivity index (χ4v) is 3.12. The van der Waals surface area contributed by atoms with Gasteiger partial charge in [0, 0.05) is 13.6 Å². The van der Waals surface area contributed by atoms with Gasteiger partial charge in [0.25, 0.3) is 5.91 Å². The molecule has 9 nitrogen and oxygen atoms in total. The number of fused-ring (bicyclic) bond motifs is 3. The number of anilines is 2. The molecular formula is C17H20N4O5. The molecule has 0 bridgehead atoms. The lowest BCUT2D eigenvalue weighted by Gasteiger charge is -2.33. The number of carbonyl (C=O) groups is 4. The second-order valence-corrected chi connectivity index (χ2v) is 6.19. The number of rotatable bonds is 3. The number of hydrogen-bond donors (Lipinski definition) is 3. The molecule has 2 atom stereocenters. The van der Waals surface area contributed by atoms with Crippen LogP contribution in [0, 0.1) is 0 Å². The van der Waals surface area contributed by atoms with Crippen LogP contribution in [-0.4, -0.2) is 49.6 Å². The van der Waals surface area contributed by atoms with Gasteiger partial charge in [-0.25, -0.2) is 9.59 Å². The molecule has 1 saturated heterocycles. The lowest BCUT2D eigenvalue weighted by molar-refractivity contribution is -0.127. The highest BCUT2D eigenvalue weighted by Crippen LogP contribution is 2.37. The number of carbonyl (C=O) groups excluding carboxylic acids is 4. The van der Waals surface area contributed by atoms with Crippen molar-refractivity contribution in [1.29, 1.82) is 0 Å². The predicted molar refractivity (Wildman–Crippen MR) is 92.9 cm³/mol. The molecule has 0 unspecified atom stereocenters. The van der Waals surface area contributed by atoms with Gasteiger partial charge in [0.1, 0.15) is 6.04 Å². The molecule has 2 aliphatic rings. The Hall–Kier alpha value is -3.10. The molecule has 0 aliphatic carbocycles. The molecule has 138 valence electrons. The van der Waals surface area contributed by atoms with E-state index in [1.807, 2.05) is 10.2 Å². The van der Waals surface area contributed by atoms with Gasteiger partial charge in [-0.1, -0.05) is 0 Å². The Morgan fingerprint density at radius 1 is 1.35 bits per heavy atom. The maximum Gasteiger partial charge on any atom is 0.338 e. The Morgan fingerprint density at radius 3 is 2.85 bits per heavy atom. The maximum absolute atomic E-state index is 12.3. The number of imide groups is 1. The summed E-state index contributed by atoms with van der Waals surface area (Å²) in [6.07, 6.45) is 0.611. The highest BCUT2D eigenvalue weighted by atomic mass is 16.5. The van der Waals surface area contributed by atoms with Crippen molar-refractivity contribution in [2.45, 2.75) is 31.9 Å². The summed E-state index contributed by atoms with van der Waals surface area (Å²) in [5, 5.41) is 7.09. The third-order valence-corrected chi connectivity index (χ3v) is 4.47. The van der Waals surface area contributed by atoms with Gasteiger partial charge in [-0.2, -0.15) is 0 Å². The topological polar surface area (TPSA) is 117 Å². The molecule has 9 heteroatoms. The van der Waals surface area contributed by atoms with Gasteiger partial charge >= 0.3 is 12.0 Å². The zero-order valence-corrected chi connectivity index (χ0v) is 14.5. The van der Waals surface area contributed by atoms with Crippen molar-refractivity contribution in [2.75, 3.05) is 23.8 Å². The van der Waals surface area contributed by atoms with Crippen molar-refractivity contribution in [3.8, 4) is 0 Å². The van der Waals surface area contributed by atoms with Crippen molar-refractivity contribution in [1.82, 2.24) is 10.6 Å². The SMILES string of the molecule is CNC(=O)NC(=O)[C@H](C)OC(=O)c1ccc2c(c1)NC(=O)[C@H]1CCCN21. The van der Waals surface area contributed by atoms with Crippen LogP contribution >= 0.6 is 0 Å². The monoisotopic (exact) mass is 360 g/mol. The van der Waals surface area contributed by atoms with Crippen molar-refractivity contribution in [3.63, 3.8) is 0 Å². The van der Waals surface area contributed by atoms with Crippen LogP contribution in [0.5, 0.6) is 0 Å². The first-order chi connectivity index (χ1) is 12.4. The molecule has 0 spiro atoms. The second kappa shape index (κ2) is 7.03. The molecule has 1 fully saturated rings. The Labute approximate surface area is 150 Å². The third-order valence-electron chi connectivity index (χ3n) is 4.47. The van der Waals surface area contributed by atoms with E-state index in [0.29, 0.717) is 5.69 Å². The summed E-state index contributed by atoms with van der Waals surface area (Å²) in [6, 6.07) is 4.05. The summed E-state index contributed by atoms with van der Waals surface area (Å²) < 4.78 is 5.09. The van der Waals surface area contributed by atoms with E-state index in [9.17, 15) is 19.2 Å². The van der Waals surface area contributed by atoms with Gasteiger partial charge in [-0.05, 0) is 38.0 Å². The summed E-state index contributed by atoms with van der Waals surface area (Å²) in [4.78, 5) is 49.4. The molecule has 26 heavy (non-hydrogen) atoms. The molecule has 0 saturated carbocycles. The fraction of sp³-hybridized carbons (Fsp3) is 0.412. The maximum atomic E-state index is 12.3. The van der Waals surface area contributed by atoms with Crippen molar-refractivity contribution < 1.29 is 23.9 Å². The van der Waals surface area contributed by atoms with Crippen LogP contribution in [0.3, 0.4) is 0 Å². The largest absolute Gasteiger partial charge is 0.449 e. The minimum Gasteiger partial charge on any atom is -0.449 e. The van der Waals surface area contributed by atoms with Gasteiger partial charge in [-0.15, -0.1) is 0 Å². The van der Waals surface area contributed by atoms with Crippen molar-refractivity contribution >= 4 is 35.2 Å². The number of amides is 4. The van der Waals surface area contributed by atoms with Crippen molar-refractivity contribution in [3.05, 3.63) is 23.8 Å². The van der Waals surface area contributed by atoms with E-state index >= 15 is 0 Å². The molecule has 4 amide bonds. The fourth-order valence-electron chi connectivity index (χ4n) is 3.12. The first-order valence-corrected chi connectivity index (χ1v) is 8.36. The van der Waals surface area contributed by atoms with Gasteiger partial charge in [0.15, 0.2) is 6.10 Å². The molecule has 0 aromatic heterocycles. The Balaban J connectivity index is 1.71. The Bertz CT molecular complexity index is 778. The predicted octanol–water partition coefficient (Wildman–Crippen LogP) is 0.608. The van der Waals surface area contributed by atoms with E-state index in [4.69, 9.17) is 4.74 Å². The van der Waals surface area contributed by atoms with Crippen LogP contribution in [-0.2, 0) is 14.3 Å². The highest BCUT2D eigenvalue weighted by molar-refractivity contribution is 6.05. The summed E-state index contributed by atoms with van der Waals surface area (Å²) in [6.45, 7) is 2.16. The molecule has 2 heterocycles. The lowest BCUT2D eigenvalue weighted by atomic mass is 10.1. The van der Waals surface area contributed by atoms with Crippen LogP contribution in [0.25, 0.3) is 0 Å². The zero-order chi connectivity index (χ0) is 18.8. The molecule has 1 aromatic carbocycles. The first kappa shape index (κ1) is 17.7. The van der Waals surface area contributed by atoms with E-state index in [2.05, 4.69) is 10.6 Å². The van der Waals surface area contributed by atoms with E-state index in [1.165, 1.54) is 20.0 Å². The number of ether oxygens (including phenoxy) is 1. The van der Waals surface area contributed by atoms with Crippen LogP contribution in [0.1, 0.15) is 30.1 Å². The average Bonchev–Trinajstić information content (AvgIpc) is 3.11. The number of urea groups is 1. The number of benzene rings is 1. The van der Waals surface area contributed by atoms with E-state index in [1.54, 1.807) is 12.1 Å². The quantitative estimate of drug-likeness (QED) is 0.680. The average molecular weight is 360 g/mol. The number of nitrogens with zero attached hydrogens (tertiary/aromatic N) is 1. The third kappa shape index (κ3) is 3.32. The molecule has 1 aromatic rings. The van der Waals surface area contributed by atoms with E-state index < -0.39 is 24.0 Å². The number of esters is 1. The molecular weight excluding hydrogens is 340 g/mol. The van der Waals surface area contributed by atoms with E-state index in [0.717, 1.165) is 25.1 Å². The minimum absolute atomic E-state index is 0.0844. The second-order valence-electron chi connectivity index (χ2n) is 6.19. The Morgan fingerprint density at radius 2 is 2.12 bits per heavy atom. The van der Waals surface area contributed by atoms with Crippen LogP contribution in [0.2, 0.25) is 0 Å². The normalized spacial score (nSPS) is 18.9. The summed E-state index contributed by atoms with van der Waals surface area (Å²) in [5.74, 6) is -1.53. The summed E-state index contributed by atoms with van der Waals surface area (Å²) in [7, 11) is 1.37. The van der Waals surface area contributed by atoms with Gasteiger partial charge < -0.3 is 20.3 Å². The first-order valence-electron chi connectivity index (χ1n) is 8.36. The van der Waals surface area contributed by atoms with Gasteiger partial charge in [-0.3, -0.25) is 14.9 Å². The summed E-state index contributed by atoms with van der Waals surface area (Å²) in [5.41, 5.74) is 1.63. The molecule has 3 rings (SSSR count). The lowest BCUT2D eigenvalue weighted by Crippen LogP contribution is -2.44. The number of nitrogens with one attached hydrogen (secondary N) is 3. The van der Waals surface area contributed by atoms with Gasteiger partial charge in [0.2, 0.25) is 5.91 Å². The molecule has 3 N–H and O–H groups in total. The van der Waals surface area contributed by atoms with E-state index in [-0.39, 0.29) is 17.5 Å². The zero-order valence-electron chi connectivity index (χ0n) is 14.5. The number of hydrogen-bond acceptors (Lipinski definition) is 6. The highest BCUT2D eigenvalue weighted by Gasteiger charge is 2.36. The standard InChI is InChI=1S/C17H20N4O5/c1-9(14(22)20-17(25)18-2)26-16(24)10-5-6-12-11(8-10)19-15(23)13-4-3-7-21(12)13/h5-6,8-9,13H,3-4,7H2,1-2H3,(H,19,23)(H2,18,20,22,25)/t9-,13+/m0/s1. The van der Waals surface area contributed by atoms with Crippen molar-refractivity contribution in [2.24, 2.45) is 0 Å². The molecule has 2 aliphatic heterocycles. The molecule has 0 radical (unpaired) electrons. The minimum atomic E-state index is -1.15. The van der Waals surface area contributed by atoms with Crippen LogP contribution < -0.4 is 20.9 Å². The van der Waals surface area contributed by atoms with Crippen LogP contribution in [0.4, 0.5) is 16.2 Å². The van der Waals surface area contributed by atoms with Crippen LogP contribution in [0.15, 0.2) is 18.2 Å².